The zero-order valence-corrected chi connectivity index (χ0v) is 22.9. The van der Waals surface area contributed by atoms with Crippen LogP contribution in [-0.2, 0) is 22.6 Å². The summed E-state index contributed by atoms with van der Waals surface area (Å²) >= 11 is 0. The molecule has 2 amide bonds. The lowest BCUT2D eigenvalue weighted by molar-refractivity contribution is -0.127. The van der Waals surface area contributed by atoms with Crippen LogP contribution in [-0.4, -0.2) is 60.2 Å². The van der Waals surface area contributed by atoms with Gasteiger partial charge in [-0.25, -0.2) is 4.39 Å². The van der Waals surface area contributed by atoms with Gasteiger partial charge in [0.25, 0.3) is 5.91 Å². The lowest BCUT2D eigenvalue weighted by atomic mass is 10.0. The van der Waals surface area contributed by atoms with Crippen molar-refractivity contribution in [3.05, 3.63) is 83.1 Å². The van der Waals surface area contributed by atoms with Gasteiger partial charge >= 0.3 is 0 Å². The lowest BCUT2D eigenvalue weighted by Gasteiger charge is -2.33. The van der Waals surface area contributed by atoms with Crippen molar-refractivity contribution >= 4 is 11.8 Å². The van der Waals surface area contributed by atoms with E-state index in [-0.39, 0.29) is 19.1 Å². The summed E-state index contributed by atoms with van der Waals surface area (Å²) in [6.07, 6.45) is 0. The van der Waals surface area contributed by atoms with Gasteiger partial charge in [-0.2, -0.15) is 0 Å². The van der Waals surface area contributed by atoms with Crippen LogP contribution in [0.15, 0.2) is 59.0 Å². The number of carbonyl (C=O) groups excluding carboxylic acids is 2. The quantitative estimate of drug-likeness (QED) is 0.447. The second kappa shape index (κ2) is 11.7. The number of rotatable bonds is 8. The number of morpholine rings is 1. The van der Waals surface area contributed by atoms with E-state index >= 15 is 0 Å². The molecule has 0 radical (unpaired) electrons. The summed E-state index contributed by atoms with van der Waals surface area (Å²) < 4.78 is 36.3. The van der Waals surface area contributed by atoms with Crippen LogP contribution in [0.3, 0.4) is 0 Å². The average Bonchev–Trinajstić information content (AvgIpc) is 3.58. The lowest BCUT2D eigenvalue weighted by Crippen LogP contribution is -2.49. The molecule has 1 atom stereocenters. The molecule has 2 aliphatic heterocycles. The second-order valence-electron chi connectivity index (χ2n) is 11.0. The fourth-order valence-corrected chi connectivity index (χ4v) is 4.77. The maximum absolute atomic E-state index is 14.1. The Morgan fingerprint density at radius 2 is 1.73 bits per heavy atom. The van der Waals surface area contributed by atoms with Crippen LogP contribution in [0.25, 0.3) is 0 Å². The smallest absolute Gasteiger partial charge is 0.290 e. The minimum atomic E-state index is -1.06. The molecule has 2 aromatic carbocycles. The van der Waals surface area contributed by atoms with Crippen LogP contribution in [0.2, 0.25) is 0 Å². The van der Waals surface area contributed by atoms with Crippen molar-refractivity contribution < 1.29 is 32.6 Å². The van der Waals surface area contributed by atoms with Crippen molar-refractivity contribution in [2.45, 2.75) is 45.4 Å². The van der Waals surface area contributed by atoms with Crippen LogP contribution < -0.4 is 14.8 Å². The first-order valence-electron chi connectivity index (χ1n) is 13.3. The topological polar surface area (TPSA) is 93.5 Å². The van der Waals surface area contributed by atoms with Gasteiger partial charge in [0, 0.05) is 25.2 Å². The van der Waals surface area contributed by atoms with Crippen molar-refractivity contribution in [3.63, 3.8) is 0 Å². The summed E-state index contributed by atoms with van der Waals surface area (Å²) in [5, 5.41) is 2.99. The molecule has 9 nitrogen and oxygen atoms in total. The average molecular weight is 552 g/mol. The third-order valence-electron chi connectivity index (χ3n) is 6.65. The number of furan rings is 1. The highest BCUT2D eigenvalue weighted by Crippen LogP contribution is 2.34. The first-order chi connectivity index (χ1) is 19.2. The Balaban J connectivity index is 1.50. The van der Waals surface area contributed by atoms with E-state index in [9.17, 15) is 14.0 Å². The molecule has 2 aliphatic rings. The maximum Gasteiger partial charge on any atom is 0.290 e. The van der Waals surface area contributed by atoms with E-state index in [0.717, 1.165) is 18.7 Å². The fraction of sp³-hybridized carbons (Fsp3) is 0.400. The van der Waals surface area contributed by atoms with Crippen LogP contribution in [0.4, 0.5) is 4.39 Å². The van der Waals surface area contributed by atoms with E-state index in [0.29, 0.717) is 42.6 Å². The number of nitrogens with one attached hydrogen (secondary N) is 1. The van der Waals surface area contributed by atoms with Crippen LogP contribution in [0.1, 0.15) is 54.3 Å². The van der Waals surface area contributed by atoms with Crippen molar-refractivity contribution in [1.82, 2.24) is 15.1 Å². The molecule has 1 aromatic heterocycles. The Morgan fingerprint density at radius 1 is 1.00 bits per heavy atom. The highest BCUT2D eigenvalue weighted by molar-refractivity contribution is 5.96. The Bertz CT molecular complexity index is 1340. The SMILES string of the molecule is CC(C)(C)NC(=O)C(c1ccc(F)cc1)N(Cc1ccc2c(c1)OCO2)C(=O)c1ccc(CN2CCOCC2)o1. The van der Waals surface area contributed by atoms with Gasteiger partial charge in [0.05, 0.1) is 19.8 Å². The van der Waals surface area contributed by atoms with E-state index in [4.69, 9.17) is 18.6 Å². The van der Waals surface area contributed by atoms with Gasteiger partial charge < -0.3 is 28.8 Å². The molecule has 1 unspecified atom stereocenters. The zero-order valence-electron chi connectivity index (χ0n) is 22.9. The molecule has 0 spiro atoms. The normalized spacial score (nSPS) is 16.0. The molecule has 1 saturated heterocycles. The van der Waals surface area contributed by atoms with Gasteiger partial charge in [-0.05, 0) is 68.3 Å². The predicted molar refractivity (Wildman–Crippen MR) is 144 cm³/mol. The van der Waals surface area contributed by atoms with Gasteiger partial charge in [0.1, 0.15) is 17.6 Å². The van der Waals surface area contributed by atoms with E-state index in [1.807, 2.05) is 26.8 Å². The third-order valence-corrected chi connectivity index (χ3v) is 6.65. The highest BCUT2D eigenvalue weighted by Gasteiger charge is 2.35. The molecule has 3 heterocycles. The zero-order chi connectivity index (χ0) is 28.3. The minimum Gasteiger partial charge on any atom is -0.455 e. The van der Waals surface area contributed by atoms with E-state index in [2.05, 4.69) is 10.2 Å². The Kier molecular flexibility index (Phi) is 8.09. The van der Waals surface area contributed by atoms with E-state index < -0.39 is 29.2 Å². The van der Waals surface area contributed by atoms with Gasteiger partial charge in [-0.1, -0.05) is 18.2 Å². The van der Waals surface area contributed by atoms with Gasteiger partial charge in [0.15, 0.2) is 17.3 Å². The number of fused-ring (bicyclic) bond motifs is 1. The maximum atomic E-state index is 14.1. The summed E-state index contributed by atoms with van der Waals surface area (Å²) in [4.78, 5) is 31.5. The molecular formula is C30H34FN3O6. The summed E-state index contributed by atoms with van der Waals surface area (Å²) in [6.45, 7) is 9.17. The summed E-state index contributed by atoms with van der Waals surface area (Å²) in [7, 11) is 0. The molecule has 1 fully saturated rings. The number of ether oxygens (including phenoxy) is 3. The molecule has 0 saturated carbocycles. The largest absolute Gasteiger partial charge is 0.455 e. The molecule has 3 aromatic rings. The van der Waals surface area contributed by atoms with Crippen molar-refractivity contribution in [2.75, 3.05) is 33.1 Å². The highest BCUT2D eigenvalue weighted by atomic mass is 19.1. The molecule has 10 heteroatoms. The first kappa shape index (κ1) is 27.7. The number of hydrogen-bond donors (Lipinski definition) is 1. The number of halogens is 1. The Labute approximate surface area is 232 Å². The van der Waals surface area contributed by atoms with E-state index in [1.165, 1.54) is 29.2 Å². The molecule has 0 aliphatic carbocycles. The number of amides is 2. The predicted octanol–water partition coefficient (Wildman–Crippen LogP) is 4.28. The monoisotopic (exact) mass is 551 g/mol. The molecule has 40 heavy (non-hydrogen) atoms. The Hall–Kier alpha value is -3.89. The van der Waals surface area contributed by atoms with E-state index in [1.54, 1.807) is 24.3 Å². The summed E-state index contributed by atoms with van der Waals surface area (Å²) in [6, 6.07) is 13.3. The number of benzene rings is 2. The number of hydrogen-bond acceptors (Lipinski definition) is 7. The van der Waals surface area contributed by atoms with Crippen LogP contribution in [0, 0.1) is 5.82 Å². The van der Waals surface area contributed by atoms with Gasteiger partial charge in [-0.15, -0.1) is 0 Å². The van der Waals surface area contributed by atoms with Crippen LogP contribution >= 0.6 is 0 Å². The fourth-order valence-electron chi connectivity index (χ4n) is 4.77. The molecular weight excluding hydrogens is 517 g/mol. The van der Waals surface area contributed by atoms with Gasteiger partial charge in [0.2, 0.25) is 12.7 Å². The molecule has 1 N–H and O–H groups in total. The second-order valence-corrected chi connectivity index (χ2v) is 11.0. The first-order valence-corrected chi connectivity index (χ1v) is 13.3. The standard InChI is InChI=1S/C30H34FN3O6/c1-30(2,3)32-28(35)27(21-5-7-22(31)8-6-21)34(17-20-4-10-24-26(16-20)39-19-38-24)29(36)25-11-9-23(40-25)18-33-12-14-37-15-13-33/h4-11,16,27H,12-15,17-19H2,1-3H3,(H,32,35). The van der Waals surface area contributed by atoms with Crippen molar-refractivity contribution in [3.8, 4) is 11.5 Å². The summed E-state index contributed by atoms with van der Waals surface area (Å²) in [5.41, 5.74) is 0.629. The molecule has 212 valence electrons. The Morgan fingerprint density at radius 3 is 2.45 bits per heavy atom. The third kappa shape index (κ3) is 6.63. The number of carbonyl (C=O) groups is 2. The molecule has 5 rings (SSSR count). The van der Waals surface area contributed by atoms with Crippen LogP contribution in [0.5, 0.6) is 11.5 Å². The summed E-state index contributed by atoms with van der Waals surface area (Å²) in [5.74, 6) is 0.628. The van der Waals surface area contributed by atoms with Gasteiger partial charge in [-0.3, -0.25) is 14.5 Å². The van der Waals surface area contributed by atoms with Crippen molar-refractivity contribution in [1.29, 1.82) is 0 Å². The number of nitrogens with zero attached hydrogens (tertiary/aromatic N) is 2. The molecule has 0 bridgehead atoms. The minimum absolute atomic E-state index is 0.0641. The van der Waals surface area contributed by atoms with Crippen molar-refractivity contribution in [2.24, 2.45) is 0 Å².